The first-order chi connectivity index (χ1) is 14.9. The average Bonchev–Trinajstić information content (AvgIpc) is 2.78. The van der Waals surface area contributed by atoms with Gasteiger partial charge in [0, 0.05) is 25.6 Å². The van der Waals surface area contributed by atoms with E-state index in [9.17, 15) is 14.4 Å². The number of nitrogens with one attached hydrogen (secondary N) is 2. The number of likely N-dealkylation sites (tertiary alicyclic amines) is 1. The summed E-state index contributed by atoms with van der Waals surface area (Å²) in [5.74, 6) is -0.138. The minimum absolute atomic E-state index is 0.0736. The zero-order valence-electron chi connectivity index (χ0n) is 18.9. The van der Waals surface area contributed by atoms with E-state index in [1.165, 1.54) is 19.3 Å². The van der Waals surface area contributed by atoms with Crippen LogP contribution in [0, 0.1) is 11.8 Å². The second kappa shape index (κ2) is 11.3. The summed E-state index contributed by atoms with van der Waals surface area (Å²) in [6, 6.07) is 8.95. The minimum atomic E-state index is -0.715. The van der Waals surface area contributed by atoms with Gasteiger partial charge in [0.25, 0.3) is 0 Å². The Balaban J connectivity index is 1.66. The molecule has 2 fully saturated rings. The second-order valence-corrected chi connectivity index (χ2v) is 9.48. The number of carbonyl (C=O) groups is 3. The maximum absolute atomic E-state index is 13.5. The summed E-state index contributed by atoms with van der Waals surface area (Å²) in [5, 5.41) is 6.16. The number of benzene rings is 1. The van der Waals surface area contributed by atoms with E-state index < -0.39 is 6.04 Å². The lowest BCUT2D eigenvalue weighted by molar-refractivity contribution is -0.140. The molecule has 0 bridgehead atoms. The Hall–Kier alpha value is -2.37. The van der Waals surface area contributed by atoms with E-state index in [-0.39, 0.29) is 35.6 Å². The molecular weight excluding hydrogens is 390 g/mol. The number of hydrogen-bond donors (Lipinski definition) is 2. The van der Waals surface area contributed by atoms with E-state index in [2.05, 4.69) is 10.6 Å². The lowest BCUT2D eigenvalue weighted by Crippen LogP contribution is -2.50. The van der Waals surface area contributed by atoms with Crippen LogP contribution < -0.4 is 10.6 Å². The predicted octanol–water partition coefficient (Wildman–Crippen LogP) is 3.58. The summed E-state index contributed by atoms with van der Waals surface area (Å²) in [5.41, 5.74) is 0.776. The molecule has 1 saturated heterocycles. The molecule has 1 saturated carbocycles. The number of amides is 3. The normalized spacial score (nSPS) is 20.9. The third-order valence-corrected chi connectivity index (χ3v) is 6.33. The number of nitrogens with zero attached hydrogens (tertiary/aromatic N) is 1. The molecule has 2 atom stereocenters. The summed E-state index contributed by atoms with van der Waals surface area (Å²) in [6.07, 6.45) is 7.70. The summed E-state index contributed by atoms with van der Waals surface area (Å²) < 4.78 is 0. The largest absolute Gasteiger partial charge is 0.353 e. The standard InChI is InChI=1S/C25H37N3O3/c1-18(2)16-22(29)27-23(19-10-5-3-6-11-19)25(31)28-15-9-12-20(17-28)24(30)26-21-13-7-4-8-14-21/h3,5-6,10-11,18,20-21,23H,4,7-9,12-17H2,1-2H3,(H,26,30)(H,27,29). The maximum atomic E-state index is 13.5. The van der Waals surface area contributed by atoms with Gasteiger partial charge < -0.3 is 15.5 Å². The fourth-order valence-electron chi connectivity index (χ4n) is 4.66. The molecule has 0 radical (unpaired) electrons. The summed E-state index contributed by atoms with van der Waals surface area (Å²) >= 11 is 0. The van der Waals surface area contributed by atoms with Crippen LogP contribution in [0.25, 0.3) is 0 Å². The van der Waals surface area contributed by atoms with E-state index in [0.717, 1.165) is 31.2 Å². The van der Waals surface area contributed by atoms with E-state index >= 15 is 0 Å². The highest BCUT2D eigenvalue weighted by atomic mass is 16.2. The first-order valence-electron chi connectivity index (χ1n) is 11.9. The Morgan fingerprint density at radius 3 is 2.39 bits per heavy atom. The maximum Gasteiger partial charge on any atom is 0.249 e. The SMILES string of the molecule is CC(C)CC(=O)NC(C(=O)N1CCCC(C(=O)NC2CCCCC2)C1)c1ccccc1. The number of rotatable bonds is 7. The molecule has 1 aliphatic carbocycles. The zero-order chi connectivity index (χ0) is 22.2. The van der Waals surface area contributed by atoms with Crippen LogP contribution in [-0.2, 0) is 14.4 Å². The Morgan fingerprint density at radius 1 is 1.00 bits per heavy atom. The fraction of sp³-hybridized carbons (Fsp3) is 0.640. The highest BCUT2D eigenvalue weighted by molar-refractivity contribution is 5.89. The molecule has 6 nitrogen and oxygen atoms in total. The highest BCUT2D eigenvalue weighted by Crippen LogP contribution is 2.24. The van der Waals surface area contributed by atoms with Gasteiger partial charge >= 0.3 is 0 Å². The molecule has 0 aromatic heterocycles. The van der Waals surface area contributed by atoms with Crippen molar-refractivity contribution < 1.29 is 14.4 Å². The molecular formula is C25H37N3O3. The fourth-order valence-corrected chi connectivity index (χ4v) is 4.66. The van der Waals surface area contributed by atoms with Crippen molar-refractivity contribution in [3.63, 3.8) is 0 Å². The van der Waals surface area contributed by atoms with E-state index in [0.29, 0.717) is 19.5 Å². The van der Waals surface area contributed by atoms with Gasteiger partial charge in [-0.1, -0.05) is 63.4 Å². The molecule has 2 unspecified atom stereocenters. The molecule has 0 spiro atoms. The van der Waals surface area contributed by atoms with Crippen molar-refractivity contribution in [3.8, 4) is 0 Å². The van der Waals surface area contributed by atoms with Crippen LogP contribution in [-0.4, -0.2) is 41.8 Å². The first-order valence-corrected chi connectivity index (χ1v) is 11.9. The molecule has 1 aliphatic heterocycles. The van der Waals surface area contributed by atoms with Gasteiger partial charge in [0.05, 0.1) is 5.92 Å². The third-order valence-electron chi connectivity index (χ3n) is 6.33. The number of hydrogen-bond acceptors (Lipinski definition) is 3. The van der Waals surface area contributed by atoms with Crippen molar-refractivity contribution in [1.29, 1.82) is 0 Å². The number of carbonyl (C=O) groups excluding carboxylic acids is 3. The van der Waals surface area contributed by atoms with Crippen LogP contribution in [0.1, 0.15) is 76.8 Å². The Kier molecular flexibility index (Phi) is 8.50. The van der Waals surface area contributed by atoms with Crippen molar-refractivity contribution in [3.05, 3.63) is 35.9 Å². The van der Waals surface area contributed by atoms with Crippen molar-refractivity contribution in [2.24, 2.45) is 11.8 Å². The van der Waals surface area contributed by atoms with Crippen molar-refractivity contribution in [2.75, 3.05) is 13.1 Å². The monoisotopic (exact) mass is 427 g/mol. The number of piperidine rings is 1. The van der Waals surface area contributed by atoms with Gasteiger partial charge in [-0.3, -0.25) is 14.4 Å². The van der Waals surface area contributed by atoms with Crippen LogP contribution in [0.2, 0.25) is 0 Å². The van der Waals surface area contributed by atoms with E-state index in [1.54, 1.807) is 4.90 Å². The highest BCUT2D eigenvalue weighted by Gasteiger charge is 2.34. The van der Waals surface area contributed by atoms with Crippen LogP contribution in [0.15, 0.2) is 30.3 Å². The van der Waals surface area contributed by atoms with E-state index in [4.69, 9.17) is 0 Å². The van der Waals surface area contributed by atoms with Gasteiger partial charge in [-0.25, -0.2) is 0 Å². The molecule has 3 amide bonds. The summed E-state index contributed by atoms with van der Waals surface area (Å²) in [6.45, 7) is 5.01. The lowest BCUT2D eigenvalue weighted by Gasteiger charge is -2.35. The Labute approximate surface area is 186 Å². The molecule has 1 aromatic rings. The lowest BCUT2D eigenvalue weighted by atomic mass is 9.92. The average molecular weight is 428 g/mol. The first kappa shape index (κ1) is 23.3. The van der Waals surface area contributed by atoms with Crippen molar-refractivity contribution in [2.45, 2.75) is 77.3 Å². The van der Waals surface area contributed by atoms with Gasteiger partial charge in [-0.15, -0.1) is 0 Å². The van der Waals surface area contributed by atoms with Crippen LogP contribution in [0.4, 0.5) is 0 Å². The Bertz CT molecular complexity index is 744. The van der Waals surface area contributed by atoms with Gasteiger partial charge in [-0.05, 0) is 37.2 Å². The predicted molar refractivity (Wildman–Crippen MR) is 121 cm³/mol. The van der Waals surface area contributed by atoms with Gasteiger partial charge in [0.2, 0.25) is 17.7 Å². The van der Waals surface area contributed by atoms with Gasteiger partial charge in [-0.2, -0.15) is 0 Å². The smallest absolute Gasteiger partial charge is 0.249 e. The third kappa shape index (κ3) is 6.81. The molecule has 31 heavy (non-hydrogen) atoms. The zero-order valence-corrected chi connectivity index (χ0v) is 18.9. The quantitative estimate of drug-likeness (QED) is 0.698. The molecule has 170 valence electrons. The molecule has 6 heteroatoms. The van der Waals surface area contributed by atoms with Gasteiger partial charge in [0.1, 0.15) is 6.04 Å². The molecule has 1 heterocycles. The summed E-state index contributed by atoms with van der Waals surface area (Å²) in [4.78, 5) is 40.6. The topological polar surface area (TPSA) is 78.5 Å². The van der Waals surface area contributed by atoms with Crippen LogP contribution >= 0.6 is 0 Å². The Morgan fingerprint density at radius 2 is 1.71 bits per heavy atom. The van der Waals surface area contributed by atoms with Crippen LogP contribution in [0.3, 0.4) is 0 Å². The molecule has 3 rings (SSSR count). The molecule has 1 aromatic carbocycles. The van der Waals surface area contributed by atoms with E-state index in [1.807, 2.05) is 44.2 Å². The van der Waals surface area contributed by atoms with Crippen LogP contribution in [0.5, 0.6) is 0 Å². The van der Waals surface area contributed by atoms with Gasteiger partial charge in [0.15, 0.2) is 0 Å². The second-order valence-electron chi connectivity index (χ2n) is 9.48. The van der Waals surface area contributed by atoms with Crippen molar-refractivity contribution >= 4 is 17.7 Å². The summed E-state index contributed by atoms with van der Waals surface area (Å²) in [7, 11) is 0. The molecule has 2 aliphatic rings. The molecule has 2 N–H and O–H groups in total. The minimum Gasteiger partial charge on any atom is -0.353 e. The van der Waals surface area contributed by atoms with Crippen molar-refractivity contribution in [1.82, 2.24) is 15.5 Å².